The molecule has 0 atom stereocenters. The van der Waals surface area contributed by atoms with Gasteiger partial charge in [0.05, 0.1) is 18.4 Å². The summed E-state index contributed by atoms with van der Waals surface area (Å²) in [7, 11) is 0. The Bertz CT molecular complexity index is 316. The molecular weight excluding hydrogens is 218 g/mol. The van der Waals surface area contributed by atoms with Gasteiger partial charge in [-0.25, -0.2) is 8.78 Å². The van der Waals surface area contributed by atoms with E-state index in [4.69, 9.17) is 5.73 Å². The van der Waals surface area contributed by atoms with Crippen LogP contribution in [0.3, 0.4) is 0 Å². The lowest BCUT2D eigenvalue weighted by molar-refractivity contribution is -0.133. The molecule has 0 aromatic heterocycles. The molecule has 2 amide bonds. The Morgan fingerprint density at radius 2 is 2.00 bits per heavy atom. The lowest BCUT2D eigenvalue weighted by atomic mass is 9.88. The molecule has 6 heteroatoms. The van der Waals surface area contributed by atoms with Gasteiger partial charge in [-0.3, -0.25) is 9.59 Å². The lowest BCUT2D eigenvalue weighted by Gasteiger charge is -2.23. The first kappa shape index (κ1) is 12.9. The van der Waals surface area contributed by atoms with Crippen molar-refractivity contribution in [3.63, 3.8) is 0 Å². The maximum absolute atomic E-state index is 12.8. The SMILES string of the molecule is CC(C)([CH]C(=O)N1CCC(F)(F)C1)C(N)=O. The molecule has 91 valence electrons. The highest BCUT2D eigenvalue weighted by molar-refractivity contribution is 5.94. The molecular formula is C10H15F2N2O2. The van der Waals surface area contributed by atoms with Gasteiger partial charge in [-0.05, 0) is 0 Å². The highest BCUT2D eigenvalue weighted by atomic mass is 19.3. The van der Waals surface area contributed by atoms with Crippen LogP contribution in [0.25, 0.3) is 0 Å². The van der Waals surface area contributed by atoms with E-state index < -0.39 is 29.7 Å². The third-order valence-electron chi connectivity index (χ3n) is 2.60. The van der Waals surface area contributed by atoms with Gasteiger partial charge in [-0.1, -0.05) is 13.8 Å². The molecule has 1 aliphatic rings. The summed E-state index contributed by atoms with van der Waals surface area (Å²) in [6.45, 7) is 2.37. The van der Waals surface area contributed by atoms with Crippen LogP contribution >= 0.6 is 0 Å². The number of primary amides is 1. The second kappa shape index (κ2) is 3.99. The number of hydrogen-bond acceptors (Lipinski definition) is 2. The van der Waals surface area contributed by atoms with E-state index in [0.717, 1.165) is 11.3 Å². The Balaban J connectivity index is 2.58. The smallest absolute Gasteiger partial charge is 0.267 e. The quantitative estimate of drug-likeness (QED) is 0.774. The van der Waals surface area contributed by atoms with Crippen molar-refractivity contribution in [2.45, 2.75) is 26.2 Å². The van der Waals surface area contributed by atoms with E-state index >= 15 is 0 Å². The van der Waals surface area contributed by atoms with Crippen LogP contribution in [-0.4, -0.2) is 35.7 Å². The maximum atomic E-state index is 12.8. The van der Waals surface area contributed by atoms with Crippen molar-refractivity contribution < 1.29 is 18.4 Å². The van der Waals surface area contributed by atoms with Crippen molar-refractivity contribution in [1.29, 1.82) is 0 Å². The number of carbonyl (C=O) groups is 2. The summed E-state index contributed by atoms with van der Waals surface area (Å²) in [6, 6.07) is 0. The molecule has 0 aromatic rings. The Morgan fingerprint density at radius 1 is 1.44 bits per heavy atom. The van der Waals surface area contributed by atoms with Crippen LogP contribution in [0.1, 0.15) is 20.3 Å². The van der Waals surface area contributed by atoms with Gasteiger partial charge in [-0.2, -0.15) is 0 Å². The predicted molar refractivity (Wildman–Crippen MR) is 53.4 cm³/mol. The van der Waals surface area contributed by atoms with Crippen molar-refractivity contribution in [3.05, 3.63) is 6.42 Å². The predicted octanol–water partition coefficient (Wildman–Crippen LogP) is 0.570. The third-order valence-corrected chi connectivity index (χ3v) is 2.60. The summed E-state index contributed by atoms with van der Waals surface area (Å²) in [4.78, 5) is 23.6. The fraction of sp³-hybridized carbons (Fsp3) is 0.700. The van der Waals surface area contributed by atoms with Crippen molar-refractivity contribution in [2.75, 3.05) is 13.1 Å². The fourth-order valence-corrected chi connectivity index (χ4v) is 1.40. The van der Waals surface area contributed by atoms with Gasteiger partial charge >= 0.3 is 0 Å². The van der Waals surface area contributed by atoms with Gasteiger partial charge in [-0.15, -0.1) is 0 Å². The number of amides is 2. The Hall–Kier alpha value is -1.20. The van der Waals surface area contributed by atoms with E-state index in [2.05, 4.69) is 0 Å². The van der Waals surface area contributed by atoms with Gasteiger partial charge in [0.1, 0.15) is 0 Å². The standard InChI is InChI=1S/C10H15F2N2O2/c1-9(2,8(13)16)5-7(15)14-4-3-10(11,12)6-14/h5H,3-4,6H2,1-2H3,(H2,13,16). The number of halogens is 2. The van der Waals surface area contributed by atoms with E-state index in [9.17, 15) is 18.4 Å². The lowest BCUT2D eigenvalue weighted by Crippen LogP contribution is -2.40. The van der Waals surface area contributed by atoms with Crippen molar-refractivity contribution >= 4 is 11.8 Å². The molecule has 16 heavy (non-hydrogen) atoms. The summed E-state index contributed by atoms with van der Waals surface area (Å²) in [6.07, 6.45) is 0.764. The Labute approximate surface area is 92.8 Å². The minimum atomic E-state index is -2.82. The highest BCUT2D eigenvalue weighted by Gasteiger charge is 2.41. The number of carbonyl (C=O) groups excluding carboxylic acids is 2. The maximum Gasteiger partial charge on any atom is 0.267 e. The molecule has 1 saturated heterocycles. The molecule has 1 radical (unpaired) electrons. The number of likely N-dealkylation sites (tertiary alicyclic amines) is 1. The normalized spacial score (nSPS) is 19.9. The van der Waals surface area contributed by atoms with Crippen LogP contribution in [0.2, 0.25) is 0 Å². The van der Waals surface area contributed by atoms with Crippen LogP contribution in [0.5, 0.6) is 0 Å². The summed E-state index contributed by atoms with van der Waals surface area (Å²) in [5, 5.41) is 0. The van der Waals surface area contributed by atoms with Crippen molar-refractivity contribution in [3.8, 4) is 0 Å². The van der Waals surface area contributed by atoms with Gasteiger partial charge in [0, 0.05) is 13.0 Å². The molecule has 0 aromatic carbocycles. The first-order chi connectivity index (χ1) is 7.14. The number of hydrogen-bond donors (Lipinski definition) is 1. The zero-order chi connectivity index (χ0) is 12.6. The van der Waals surface area contributed by atoms with E-state index in [1.165, 1.54) is 13.8 Å². The minimum Gasteiger partial charge on any atom is -0.369 e. The van der Waals surface area contributed by atoms with Crippen LogP contribution in [0.4, 0.5) is 8.78 Å². The zero-order valence-electron chi connectivity index (χ0n) is 9.30. The molecule has 1 rings (SSSR count). The largest absolute Gasteiger partial charge is 0.369 e. The molecule has 0 unspecified atom stereocenters. The molecule has 1 heterocycles. The molecule has 0 saturated carbocycles. The van der Waals surface area contributed by atoms with E-state index in [1.54, 1.807) is 0 Å². The fourth-order valence-electron chi connectivity index (χ4n) is 1.40. The molecule has 2 N–H and O–H groups in total. The summed E-state index contributed by atoms with van der Waals surface area (Å²) in [5.41, 5.74) is 3.97. The molecule has 4 nitrogen and oxygen atoms in total. The average Bonchev–Trinajstić information content (AvgIpc) is 2.45. The molecule has 1 aliphatic heterocycles. The topological polar surface area (TPSA) is 63.4 Å². The van der Waals surface area contributed by atoms with Crippen LogP contribution in [-0.2, 0) is 9.59 Å². The zero-order valence-corrected chi connectivity index (χ0v) is 9.30. The average molecular weight is 233 g/mol. The molecule has 0 spiro atoms. The van der Waals surface area contributed by atoms with Crippen molar-refractivity contribution in [2.24, 2.45) is 11.1 Å². The Morgan fingerprint density at radius 3 is 2.38 bits per heavy atom. The van der Waals surface area contributed by atoms with E-state index in [1.807, 2.05) is 0 Å². The Kier molecular flexibility index (Phi) is 3.21. The summed E-state index contributed by atoms with van der Waals surface area (Å²) in [5.74, 6) is -4.05. The summed E-state index contributed by atoms with van der Waals surface area (Å²) >= 11 is 0. The third kappa shape index (κ3) is 2.90. The monoisotopic (exact) mass is 233 g/mol. The van der Waals surface area contributed by atoms with Crippen LogP contribution < -0.4 is 5.73 Å². The summed E-state index contributed by atoms with van der Waals surface area (Å²) < 4.78 is 25.7. The number of nitrogens with two attached hydrogens (primary N) is 1. The molecule has 0 bridgehead atoms. The number of rotatable bonds is 3. The van der Waals surface area contributed by atoms with Gasteiger partial charge in [0.2, 0.25) is 11.8 Å². The van der Waals surface area contributed by atoms with E-state index in [-0.39, 0.29) is 13.0 Å². The second-order valence-electron chi connectivity index (χ2n) is 4.60. The first-order valence-corrected chi connectivity index (χ1v) is 4.97. The second-order valence-corrected chi connectivity index (χ2v) is 4.60. The van der Waals surface area contributed by atoms with Gasteiger partial charge in [0.15, 0.2) is 0 Å². The highest BCUT2D eigenvalue weighted by Crippen LogP contribution is 2.29. The van der Waals surface area contributed by atoms with Crippen LogP contribution in [0, 0.1) is 11.8 Å². The molecule has 1 fully saturated rings. The first-order valence-electron chi connectivity index (χ1n) is 4.97. The molecule has 0 aliphatic carbocycles. The number of alkyl halides is 2. The van der Waals surface area contributed by atoms with Crippen molar-refractivity contribution in [1.82, 2.24) is 4.90 Å². The number of nitrogens with zero attached hydrogens (tertiary/aromatic N) is 1. The van der Waals surface area contributed by atoms with Gasteiger partial charge in [0.25, 0.3) is 5.92 Å². The van der Waals surface area contributed by atoms with Gasteiger partial charge < -0.3 is 10.6 Å². The minimum absolute atomic E-state index is 0.0111. The van der Waals surface area contributed by atoms with E-state index in [0.29, 0.717) is 0 Å². The van der Waals surface area contributed by atoms with Crippen LogP contribution in [0.15, 0.2) is 0 Å².